The van der Waals surface area contributed by atoms with Gasteiger partial charge in [0.2, 0.25) is 8.77 Å². The minimum absolute atomic E-state index is 0.155. The van der Waals surface area contributed by atoms with E-state index in [9.17, 15) is 9.59 Å². The van der Waals surface area contributed by atoms with Crippen LogP contribution in [0.15, 0.2) is 48.5 Å². The molecule has 2 fully saturated rings. The van der Waals surface area contributed by atoms with Crippen molar-refractivity contribution in [3.8, 4) is 0 Å². The number of carbonyl (C=O) groups is 2. The number of thiocarbonyl (C=S) groups is 2. The van der Waals surface area contributed by atoms with E-state index in [0.29, 0.717) is 38.1 Å². The van der Waals surface area contributed by atoms with Gasteiger partial charge >= 0.3 is 12.2 Å². The molecule has 2 N–H and O–H groups in total. The third-order valence-corrected chi connectivity index (χ3v) is 7.55. The fourth-order valence-corrected chi connectivity index (χ4v) is 5.25. The Morgan fingerprint density at radius 2 is 1.17 bits per heavy atom. The smallest absolute Gasteiger partial charge is 0.411 e. The van der Waals surface area contributed by atoms with E-state index in [1.54, 1.807) is 0 Å². The monoisotopic (exact) mass is 550 g/mol. The van der Waals surface area contributed by atoms with Gasteiger partial charge in [0.05, 0.1) is 0 Å². The first kappa shape index (κ1) is 25.5. The summed E-state index contributed by atoms with van der Waals surface area (Å²) in [5.74, 6) is 1.37. The van der Waals surface area contributed by atoms with Gasteiger partial charge in [0.15, 0.2) is 0 Å². The molecular weight excluding hydrogens is 529 g/mol. The minimum Gasteiger partial charge on any atom is -0.471 e. The van der Waals surface area contributed by atoms with Crippen LogP contribution in [-0.4, -0.2) is 57.9 Å². The molecule has 2 aliphatic rings. The molecule has 35 heavy (non-hydrogen) atoms. The van der Waals surface area contributed by atoms with Gasteiger partial charge in [0, 0.05) is 22.9 Å². The van der Waals surface area contributed by atoms with Crippen LogP contribution < -0.4 is 10.6 Å². The number of amides is 2. The average molecular weight is 551 g/mol. The SMILES string of the molecule is O=C(Nc1ccc(Cc2ccc(NC(=O)OCC3CSC(=S)O3)cc2)cc1)OCC1CSC(=S)O1. The van der Waals surface area contributed by atoms with Crippen molar-refractivity contribution in [3.63, 3.8) is 0 Å². The van der Waals surface area contributed by atoms with Crippen LogP contribution in [0.1, 0.15) is 11.1 Å². The summed E-state index contributed by atoms with van der Waals surface area (Å²) in [6, 6.07) is 15.0. The number of nitrogens with one attached hydrogen (secondary N) is 2. The van der Waals surface area contributed by atoms with E-state index < -0.39 is 12.2 Å². The van der Waals surface area contributed by atoms with Crippen molar-refractivity contribution in [2.24, 2.45) is 0 Å². The minimum atomic E-state index is -0.538. The summed E-state index contributed by atoms with van der Waals surface area (Å²) in [6.07, 6.45) is -0.772. The number of hydrogen-bond donors (Lipinski definition) is 2. The zero-order valence-corrected chi connectivity index (χ0v) is 21.7. The molecule has 0 aromatic heterocycles. The van der Waals surface area contributed by atoms with E-state index >= 15 is 0 Å². The molecule has 12 heteroatoms. The molecule has 0 radical (unpaired) electrons. The summed E-state index contributed by atoms with van der Waals surface area (Å²) >= 11 is 12.8. The van der Waals surface area contributed by atoms with Crippen LogP contribution in [0.3, 0.4) is 0 Å². The number of ether oxygens (including phenoxy) is 4. The second-order valence-corrected chi connectivity index (χ2v) is 10.9. The number of rotatable bonds is 8. The normalized spacial score (nSPS) is 19.0. The molecule has 2 amide bonds. The summed E-state index contributed by atoms with van der Waals surface area (Å²) < 4.78 is 22.0. The molecule has 2 atom stereocenters. The lowest BCUT2D eigenvalue weighted by atomic mass is 10.0. The van der Waals surface area contributed by atoms with E-state index in [1.165, 1.54) is 23.5 Å². The van der Waals surface area contributed by atoms with Crippen LogP contribution in [0.2, 0.25) is 0 Å². The van der Waals surface area contributed by atoms with Crippen LogP contribution in [0.5, 0.6) is 0 Å². The van der Waals surface area contributed by atoms with E-state index in [1.807, 2.05) is 48.5 Å². The Balaban J connectivity index is 1.18. The molecule has 4 rings (SSSR count). The summed E-state index contributed by atoms with van der Waals surface area (Å²) in [5.41, 5.74) is 3.41. The third kappa shape index (κ3) is 8.27. The fourth-order valence-electron chi connectivity index (χ4n) is 3.19. The molecule has 8 nitrogen and oxygen atoms in total. The van der Waals surface area contributed by atoms with Gasteiger partial charge in [0.1, 0.15) is 25.4 Å². The van der Waals surface area contributed by atoms with Gasteiger partial charge in [-0.2, -0.15) is 0 Å². The van der Waals surface area contributed by atoms with E-state index in [0.717, 1.165) is 11.1 Å². The van der Waals surface area contributed by atoms with Gasteiger partial charge in [-0.25, -0.2) is 9.59 Å². The predicted octanol–water partition coefficient (Wildman–Crippen LogP) is 5.21. The second kappa shape index (κ2) is 12.4. The molecule has 0 aliphatic carbocycles. The maximum Gasteiger partial charge on any atom is 0.411 e. The van der Waals surface area contributed by atoms with Crippen molar-refractivity contribution >= 4 is 80.3 Å². The highest BCUT2D eigenvalue weighted by atomic mass is 32.2. The van der Waals surface area contributed by atoms with Gasteiger partial charge in [-0.05, 0) is 66.2 Å². The summed E-state index contributed by atoms with van der Waals surface area (Å²) in [7, 11) is 0. The first-order valence-electron chi connectivity index (χ1n) is 10.7. The van der Waals surface area contributed by atoms with Gasteiger partial charge in [-0.1, -0.05) is 47.8 Å². The maximum atomic E-state index is 12.0. The maximum absolute atomic E-state index is 12.0. The predicted molar refractivity (Wildman–Crippen MR) is 145 cm³/mol. The Bertz CT molecular complexity index is 995. The van der Waals surface area contributed by atoms with Crippen LogP contribution in [-0.2, 0) is 25.4 Å². The molecule has 0 bridgehead atoms. The number of anilines is 2. The molecule has 184 valence electrons. The molecule has 0 saturated carbocycles. The van der Waals surface area contributed by atoms with Crippen molar-refractivity contribution in [2.45, 2.75) is 18.6 Å². The van der Waals surface area contributed by atoms with Crippen LogP contribution in [0, 0.1) is 0 Å². The average Bonchev–Trinajstić information content (AvgIpc) is 3.46. The third-order valence-electron chi connectivity index (χ3n) is 4.91. The molecule has 2 aliphatic heterocycles. The standard InChI is InChI=1S/C23H22N2O6S4/c26-20(28-10-18-12-34-22(32)30-18)24-16-5-1-14(2-6-16)9-15-3-7-17(8-4-15)25-21(27)29-11-19-13-35-23(33)31-19/h1-8,18-19H,9-13H2,(H,24,26)(H,25,27). The lowest BCUT2D eigenvalue weighted by Crippen LogP contribution is -2.23. The van der Waals surface area contributed by atoms with E-state index in [4.69, 9.17) is 43.4 Å². The van der Waals surface area contributed by atoms with E-state index in [2.05, 4.69) is 10.6 Å². The van der Waals surface area contributed by atoms with Crippen molar-refractivity contribution < 1.29 is 28.5 Å². The van der Waals surface area contributed by atoms with Crippen LogP contribution >= 0.6 is 48.0 Å². The fraction of sp³-hybridized carbons (Fsp3) is 0.304. The van der Waals surface area contributed by atoms with Crippen LogP contribution in [0.25, 0.3) is 0 Å². The van der Waals surface area contributed by atoms with Gasteiger partial charge in [0.25, 0.3) is 0 Å². The molecule has 2 aromatic rings. The Hall–Kier alpha value is -2.54. The lowest BCUT2D eigenvalue weighted by molar-refractivity contribution is 0.103. The van der Waals surface area contributed by atoms with Gasteiger partial charge in [-0.15, -0.1) is 0 Å². The van der Waals surface area contributed by atoms with Crippen molar-refractivity contribution in [2.75, 3.05) is 35.4 Å². The van der Waals surface area contributed by atoms with Crippen LogP contribution in [0.4, 0.5) is 21.0 Å². The highest BCUT2D eigenvalue weighted by Crippen LogP contribution is 2.21. The Morgan fingerprint density at radius 1 is 0.771 bits per heavy atom. The Morgan fingerprint density at radius 3 is 1.51 bits per heavy atom. The summed E-state index contributed by atoms with van der Waals surface area (Å²) in [6.45, 7) is 0.310. The summed E-state index contributed by atoms with van der Waals surface area (Å²) in [4.78, 5) is 24.0. The zero-order valence-electron chi connectivity index (χ0n) is 18.4. The van der Waals surface area contributed by atoms with E-state index in [-0.39, 0.29) is 25.4 Å². The topological polar surface area (TPSA) is 95.1 Å². The molecule has 0 spiro atoms. The van der Waals surface area contributed by atoms with Crippen molar-refractivity contribution in [1.29, 1.82) is 0 Å². The molecule has 2 saturated heterocycles. The summed E-state index contributed by atoms with van der Waals surface area (Å²) in [5, 5.41) is 5.40. The molecule has 2 heterocycles. The second-order valence-electron chi connectivity index (χ2n) is 7.62. The van der Waals surface area contributed by atoms with Crippen molar-refractivity contribution in [1.82, 2.24) is 0 Å². The Labute approximate surface area is 221 Å². The molecular formula is C23H22N2O6S4. The van der Waals surface area contributed by atoms with Gasteiger partial charge in [-0.3, -0.25) is 10.6 Å². The lowest BCUT2D eigenvalue weighted by Gasteiger charge is -2.11. The molecule has 2 unspecified atom stereocenters. The highest BCUT2D eigenvalue weighted by Gasteiger charge is 2.23. The Kier molecular flexibility index (Phi) is 9.07. The molecule has 2 aromatic carbocycles. The quantitative estimate of drug-likeness (QED) is 0.427. The first-order chi connectivity index (χ1) is 16.9. The number of hydrogen-bond acceptors (Lipinski definition) is 10. The number of carbonyl (C=O) groups excluding carboxylic acids is 2. The van der Waals surface area contributed by atoms with Gasteiger partial charge < -0.3 is 18.9 Å². The largest absolute Gasteiger partial charge is 0.471 e. The van der Waals surface area contributed by atoms with Crippen molar-refractivity contribution in [3.05, 3.63) is 59.7 Å². The highest BCUT2D eigenvalue weighted by molar-refractivity contribution is 8.23. The number of benzene rings is 2. The first-order valence-corrected chi connectivity index (χ1v) is 13.4. The number of thioether (sulfide) groups is 2. The zero-order chi connectivity index (χ0) is 24.6.